The van der Waals surface area contributed by atoms with Crippen molar-refractivity contribution >= 4 is 23.4 Å². The molecule has 0 unspecified atom stereocenters. The summed E-state index contributed by atoms with van der Waals surface area (Å²) in [7, 11) is 1.50. The van der Waals surface area contributed by atoms with E-state index in [0.717, 1.165) is 0 Å². The number of carbonyl (C=O) groups excluding carboxylic acids is 2. The van der Waals surface area contributed by atoms with E-state index in [1.807, 2.05) is 6.92 Å². The van der Waals surface area contributed by atoms with Crippen molar-refractivity contribution < 1.29 is 23.5 Å². The van der Waals surface area contributed by atoms with Gasteiger partial charge in [0.05, 0.1) is 30.6 Å². The van der Waals surface area contributed by atoms with E-state index in [1.54, 1.807) is 23.1 Å². The minimum atomic E-state index is -0.233. The van der Waals surface area contributed by atoms with Crippen LogP contribution in [-0.4, -0.2) is 49.6 Å². The highest BCUT2D eigenvalue weighted by molar-refractivity contribution is 6.32. The summed E-state index contributed by atoms with van der Waals surface area (Å²) in [6, 6.07) is 4.82. The van der Waals surface area contributed by atoms with E-state index in [2.05, 4.69) is 5.32 Å². The maximum atomic E-state index is 12.6. The number of methoxy groups -OCH3 is 1. The smallest absolute Gasteiger partial charge is 0.257 e. The number of amides is 2. The SMILES string of the molecule is CCOc1c(Cl)cc(C(=O)NC2CCN(C(=O)c3ccoc3)CC2)cc1OC. The van der Waals surface area contributed by atoms with E-state index in [4.69, 9.17) is 25.5 Å². The van der Waals surface area contributed by atoms with Crippen LogP contribution in [0.1, 0.15) is 40.5 Å². The fourth-order valence-corrected chi connectivity index (χ4v) is 3.46. The van der Waals surface area contributed by atoms with Gasteiger partial charge in [0.25, 0.3) is 11.8 Å². The Kier molecular flexibility index (Phi) is 6.46. The van der Waals surface area contributed by atoms with Gasteiger partial charge >= 0.3 is 0 Å². The fraction of sp³-hybridized carbons (Fsp3) is 0.400. The number of hydrogen-bond acceptors (Lipinski definition) is 5. The highest BCUT2D eigenvalue weighted by Crippen LogP contribution is 2.36. The maximum absolute atomic E-state index is 12.6. The molecule has 0 saturated carbocycles. The van der Waals surface area contributed by atoms with Gasteiger partial charge in [-0.15, -0.1) is 0 Å². The van der Waals surface area contributed by atoms with Crippen LogP contribution in [0.4, 0.5) is 0 Å². The summed E-state index contributed by atoms with van der Waals surface area (Å²) >= 11 is 6.24. The second kappa shape index (κ2) is 9.01. The number of hydrogen-bond donors (Lipinski definition) is 1. The van der Waals surface area contributed by atoms with Crippen molar-refractivity contribution in [3.8, 4) is 11.5 Å². The Morgan fingerprint density at radius 1 is 1.29 bits per heavy atom. The summed E-state index contributed by atoms with van der Waals surface area (Å²) in [5, 5.41) is 3.33. The zero-order valence-corrected chi connectivity index (χ0v) is 16.6. The molecule has 1 aliphatic heterocycles. The number of rotatable bonds is 6. The zero-order valence-electron chi connectivity index (χ0n) is 15.9. The molecule has 0 aliphatic carbocycles. The minimum Gasteiger partial charge on any atom is -0.493 e. The Morgan fingerprint density at radius 2 is 2.04 bits per heavy atom. The van der Waals surface area contributed by atoms with Crippen molar-refractivity contribution in [2.45, 2.75) is 25.8 Å². The van der Waals surface area contributed by atoms with E-state index in [1.165, 1.54) is 19.6 Å². The first-order chi connectivity index (χ1) is 13.5. The molecule has 0 bridgehead atoms. The molecule has 0 atom stereocenters. The predicted octanol–water partition coefficient (Wildman–Crippen LogP) is 3.37. The first-order valence-electron chi connectivity index (χ1n) is 9.16. The van der Waals surface area contributed by atoms with Gasteiger partial charge in [-0.2, -0.15) is 0 Å². The van der Waals surface area contributed by atoms with Crippen molar-refractivity contribution in [3.05, 3.63) is 46.9 Å². The van der Waals surface area contributed by atoms with E-state index in [-0.39, 0.29) is 17.9 Å². The molecule has 3 rings (SSSR count). The maximum Gasteiger partial charge on any atom is 0.257 e. The van der Waals surface area contributed by atoms with Crippen LogP contribution < -0.4 is 14.8 Å². The molecule has 7 nitrogen and oxygen atoms in total. The number of benzene rings is 1. The summed E-state index contributed by atoms with van der Waals surface area (Å²) in [6.45, 7) is 3.43. The highest BCUT2D eigenvalue weighted by atomic mass is 35.5. The number of furan rings is 1. The van der Waals surface area contributed by atoms with Crippen LogP contribution in [0, 0.1) is 0 Å². The Balaban J connectivity index is 1.60. The van der Waals surface area contributed by atoms with E-state index in [9.17, 15) is 9.59 Å². The third kappa shape index (κ3) is 4.42. The van der Waals surface area contributed by atoms with Crippen LogP contribution in [-0.2, 0) is 0 Å². The number of ether oxygens (including phenoxy) is 2. The standard InChI is InChI=1S/C20H23ClN2O5/c1-3-28-18-16(21)10-14(11-17(18)26-2)19(24)22-15-4-7-23(8-5-15)20(25)13-6-9-27-12-13/h6,9-12,15H,3-5,7-8H2,1-2H3,(H,22,24). The van der Waals surface area contributed by atoms with Crippen molar-refractivity contribution in [1.82, 2.24) is 10.2 Å². The van der Waals surface area contributed by atoms with Gasteiger partial charge in [-0.3, -0.25) is 9.59 Å². The van der Waals surface area contributed by atoms with Crippen molar-refractivity contribution in [1.29, 1.82) is 0 Å². The van der Waals surface area contributed by atoms with Crippen molar-refractivity contribution in [3.63, 3.8) is 0 Å². The third-order valence-electron chi connectivity index (χ3n) is 4.67. The normalized spacial score (nSPS) is 14.6. The Labute approximate surface area is 168 Å². The Morgan fingerprint density at radius 3 is 2.64 bits per heavy atom. The predicted molar refractivity (Wildman–Crippen MR) is 104 cm³/mol. The van der Waals surface area contributed by atoms with Crippen LogP contribution in [0.15, 0.2) is 35.1 Å². The Bertz CT molecular complexity index is 829. The first kappa shape index (κ1) is 20.1. The van der Waals surface area contributed by atoms with Gasteiger partial charge < -0.3 is 24.1 Å². The summed E-state index contributed by atoms with van der Waals surface area (Å²) in [5.74, 6) is 0.554. The number of likely N-dealkylation sites (tertiary alicyclic amines) is 1. The number of halogens is 1. The molecular formula is C20H23ClN2O5. The summed E-state index contributed by atoms with van der Waals surface area (Å²) < 4.78 is 15.7. The molecule has 1 N–H and O–H groups in total. The van der Waals surface area contributed by atoms with Crippen LogP contribution >= 0.6 is 11.6 Å². The summed E-state index contributed by atoms with van der Waals surface area (Å²) in [5.41, 5.74) is 0.945. The van der Waals surface area contributed by atoms with E-state index >= 15 is 0 Å². The molecule has 2 aromatic rings. The quantitative estimate of drug-likeness (QED) is 0.795. The second-order valence-electron chi connectivity index (χ2n) is 6.47. The van der Waals surface area contributed by atoms with Gasteiger partial charge in [0, 0.05) is 24.7 Å². The van der Waals surface area contributed by atoms with Crippen LogP contribution in [0.25, 0.3) is 0 Å². The lowest BCUT2D eigenvalue weighted by Gasteiger charge is -2.32. The van der Waals surface area contributed by atoms with Crippen molar-refractivity contribution in [2.24, 2.45) is 0 Å². The lowest BCUT2D eigenvalue weighted by atomic mass is 10.0. The molecule has 0 radical (unpaired) electrons. The van der Waals surface area contributed by atoms with Crippen LogP contribution in [0.5, 0.6) is 11.5 Å². The average Bonchev–Trinajstić information content (AvgIpc) is 3.24. The molecule has 150 valence electrons. The minimum absolute atomic E-state index is 0.0164. The summed E-state index contributed by atoms with van der Waals surface area (Å²) in [6.07, 6.45) is 4.28. The third-order valence-corrected chi connectivity index (χ3v) is 4.95. The van der Waals surface area contributed by atoms with E-state index in [0.29, 0.717) is 60.2 Å². The monoisotopic (exact) mass is 406 g/mol. The van der Waals surface area contributed by atoms with Crippen LogP contribution in [0.3, 0.4) is 0 Å². The summed E-state index contributed by atoms with van der Waals surface area (Å²) in [4.78, 5) is 26.8. The van der Waals surface area contributed by atoms with Crippen LogP contribution in [0.2, 0.25) is 5.02 Å². The van der Waals surface area contributed by atoms with Gasteiger partial charge in [0.15, 0.2) is 11.5 Å². The molecule has 1 fully saturated rings. The van der Waals surface area contributed by atoms with Gasteiger partial charge in [-0.05, 0) is 38.0 Å². The number of nitrogens with one attached hydrogen (secondary N) is 1. The fourth-order valence-electron chi connectivity index (χ4n) is 3.20. The largest absolute Gasteiger partial charge is 0.493 e. The average molecular weight is 407 g/mol. The molecule has 0 spiro atoms. The molecule has 1 aliphatic rings. The number of carbonyl (C=O) groups is 2. The molecule has 1 aromatic heterocycles. The first-order valence-corrected chi connectivity index (χ1v) is 9.54. The lowest BCUT2D eigenvalue weighted by molar-refractivity contribution is 0.0697. The Hall–Kier alpha value is -2.67. The highest BCUT2D eigenvalue weighted by Gasteiger charge is 2.26. The number of piperidine rings is 1. The molecule has 1 saturated heterocycles. The van der Waals surface area contributed by atoms with Gasteiger partial charge in [0.2, 0.25) is 0 Å². The zero-order chi connectivity index (χ0) is 20.1. The lowest BCUT2D eigenvalue weighted by Crippen LogP contribution is -2.46. The van der Waals surface area contributed by atoms with Crippen molar-refractivity contribution in [2.75, 3.05) is 26.8 Å². The molecule has 8 heteroatoms. The van der Waals surface area contributed by atoms with Gasteiger partial charge in [-0.1, -0.05) is 11.6 Å². The van der Waals surface area contributed by atoms with E-state index < -0.39 is 0 Å². The molecule has 2 amide bonds. The molecule has 1 aromatic carbocycles. The number of nitrogens with zero attached hydrogens (tertiary/aromatic N) is 1. The molecule has 28 heavy (non-hydrogen) atoms. The topological polar surface area (TPSA) is 81.0 Å². The molecule has 2 heterocycles. The molecular weight excluding hydrogens is 384 g/mol. The van der Waals surface area contributed by atoms with Gasteiger partial charge in [-0.25, -0.2) is 0 Å². The second-order valence-corrected chi connectivity index (χ2v) is 6.88. The van der Waals surface area contributed by atoms with Gasteiger partial charge in [0.1, 0.15) is 6.26 Å².